The second kappa shape index (κ2) is 10.5. The highest BCUT2D eigenvalue weighted by Gasteiger charge is 2.15. The molecule has 0 aliphatic rings. The summed E-state index contributed by atoms with van der Waals surface area (Å²) in [6.45, 7) is 2.58. The maximum atomic E-state index is 12.9. The predicted molar refractivity (Wildman–Crippen MR) is 125 cm³/mol. The summed E-state index contributed by atoms with van der Waals surface area (Å²) in [7, 11) is 1.53. The van der Waals surface area contributed by atoms with Crippen molar-refractivity contribution < 1.29 is 14.3 Å². The van der Waals surface area contributed by atoms with Gasteiger partial charge in [0, 0.05) is 29.2 Å². The zero-order valence-corrected chi connectivity index (χ0v) is 18.1. The first kappa shape index (κ1) is 22.2. The zero-order chi connectivity index (χ0) is 22.2. The lowest BCUT2D eigenvalue weighted by Crippen LogP contribution is -2.30. The van der Waals surface area contributed by atoms with Gasteiger partial charge in [-0.15, -0.1) is 0 Å². The van der Waals surface area contributed by atoms with Crippen molar-refractivity contribution in [2.45, 2.75) is 6.92 Å². The molecule has 0 fully saturated rings. The van der Waals surface area contributed by atoms with Gasteiger partial charge in [-0.05, 0) is 61.5 Å². The van der Waals surface area contributed by atoms with Crippen molar-refractivity contribution in [3.05, 3.63) is 83.4 Å². The van der Waals surface area contributed by atoms with Crippen molar-refractivity contribution in [1.82, 2.24) is 0 Å². The number of nitrogens with one attached hydrogen (secondary N) is 2. The number of hydrogen-bond acceptors (Lipinski definition) is 4. The van der Waals surface area contributed by atoms with E-state index in [1.54, 1.807) is 47.4 Å². The molecule has 3 aromatic rings. The summed E-state index contributed by atoms with van der Waals surface area (Å²) in [4.78, 5) is 26.8. The molecule has 160 valence electrons. The van der Waals surface area contributed by atoms with E-state index in [4.69, 9.17) is 16.3 Å². The van der Waals surface area contributed by atoms with Gasteiger partial charge in [0.1, 0.15) is 5.75 Å². The summed E-state index contributed by atoms with van der Waals surface area (Å²) >= 11 is 6.08. The molecule has 31 heavy (non-hydrogen) atoms. The van der Waals surface area contributed by atoms with Gasteiger partial charge in [-0.1, -0.05) is 29.8 Å². The fourth-order valence-electron chi connectivity index (χ4n) is 3.07. The molecule has 7 heteroatoms. The third-order valence-corrected chi connectivity index (χ3v) is 4.95. The van der Waals surface area contributed by atoms with Crippen LogP contribution in [-0.2, 0) is 4.79 Å². The lowest BCUT2D eigenvalue weighted by molar-refractivity contribution is -0.114. The van der Waals surface area contributed by atoms with Crippen molar-refractivity contribution in [1.29, 1.82) is 0 Å². The first-order valence-corrected chi connectivity index (χ1v) is 10.2. The first-order chi connectivity index (χ1) is 15.0. The Hall–Kier alpha value is -3.51. The lowest BCUT2D eigenvalue weighted by Gasteiger charge is -2.21. The molecular weight excluding hydrogens is 414 g/mol. The van der Waals surface area contributed by atoms with Crippen LogP contribution >= 0.6 is 11.6 Å². The van der Waals surface area contributed by atoms with Gasteiger partial charge >= 0.3 is 0 Å². The van der Waals surface area contributed by atoms with E-state index in [0.717, 1.165) is 11.4 Å². The van der Waals surface area contributed by atoms with Gasteiger partial charge in [0.05, 0.1) is 18.7 Å². The van der Waals surface area contributed by atoms with Gasteiger partial charge in [-0.25, -0.2) is 0 Å². The van der Waals surface area contributed by atoms with E-state index in [-0.39, 0.29) is 18.4 Å². The van der Waals surface area contributed by atoms with Crippen LogP contribution in [0.4, 0.5) is 17.1 Å². The molecule has 6 nitrogen and oxygen atoms in total. The summed E-state index contributed by atoms with van der Waals surface area (Å²) in [6.07, 6.45) is 0. The number of anilines is 3. The monoisotopic (exact) mass is 437 g/mol. The molecule has 0 aliphatic carbocycles. The van der Waals surface area contributed by atoms with Crippen LogP contribution in [-0.4, -0.2) is 32.0 Å². The maximum absolute atomic E-state index is 12.9. The van der Waals surface area contributed by atoms with Gasteiger partial charge in [-0.3, -0.25) is 9.59 Å². The molecule has 3 rings (SSSR count). The van der Waals surface area contributed by atoms with Crippen molar-refractivity contribution in [2.75, 3.05) is 35.7 Å². The molecule has 0 atom stereocenters. The normalized spacial score (nSPS) is 10.3. The van der Waals surface area contributed by atoms with E-state index in [2.05, 4.69) is 10.6 Å². The van der Waals surface area contributed by atoms with E-state index in [9.17, 15) is 9.59 Å². The number of benzene rings is 3. The number of halogens is 1. The average Bonchev–Trinajstić information content (AvgIpc) is 2.79. The van der Waals surface area contributed by atoms with E-state index in [1.807, 2.05) is 37.3 Å². The number of para-hydroxylation sites is 1. The van der Waals surface area contributed by atoms with Crippen LogP contribution in [0.2, 0.25) is 5.02 Å². The van der Waals surface area contributed by atoms with Crippen LogP contribution in [0.5, 0.6) is 5.75 Å². The topological polar surface area (TPSA) is 70.7 Å². The smallest absolute Gasteiger partial charge is 0.258 e. The lowest BCUT2D eigenvalue weighted by atomic mass is 10.1. The summed E-state index contributed by atoms with van der Waals surface area (Å²) in [5.74, 6) is 0.248. The highest BCUT2D eigenvalue weighted by atomic mass is 35.5. The predicted octanol–water partition coefficient (Wildman–Crippen LogP) is 5.07. The van der Waals surface area contributed by atoms with Gasteiger partial charge in [-0.2, -0.15) is 0 Å². The number of carbonyl (C=O) groups is 2. The van der Waals surface area contributed by atoms with Crippen LogP contribution in [0.1, 0.15) is 17.3 Å². The molecule has 3 aromatic carbocycles. The molecule has 0 aromatic heterocycles. The molecule has 0 radical (unpaired) electrons. The summed E-state index contributed by atoms with van der Waals surface area (Å²) in [5.41, 5.74) is 2.75. The Bertz CT molecular complexity index is 1040. The largest absolute Gasteiger partial charge is 0.495 e. The second-order valence-electron chi connectivity index (χ2n) is 6.71. The fourth-order valence-corrected chi connectivity index (χ4v) is 3.33. The number of carbonyl (C=O) groups excluding carboxylic acids is 2. The number of ether oxygens (including phenoxy) is 1. The molecule has 0 saturated carbocycles. The Morgan fingerprint density at radius 1 is 0.968 bits per heavy atom. The molecular formula is C24H24ClN3O3. The SMILES string of the molecule is CCN(C(=O)c1ccc(NCC(=O)Nc2ccc(OC)c(Cl)c2)cc1)c1ccccc1. The highest BCUT2D eigenvalue weighted by Crippen LogP contribution is 2.27. The van der Waals surface area contributed by atoms with E-state index in [1.165, 1.54) is 7.11 Å². The molecule has 0 spiro atoms. The molecule has 2 amide bonds. The van der Waals surface area contributed by atoms with Crippen LogP contribution in [0.3, 0.4) is 0 Å². The highest BCUT2D eigenvalue weighted by molar-refractivity contribution is 6.32. The van der Waals surface area contributed by atoms with Crippen LogP contribution in [0.15, 0.2) is 72.8 Å². The van der Waals surface area contributed by atoms with Crippen molar-refractivity contribution in [2.24, 2.45) is 0 Å². The van der Waals surface area contributed by atoms with Crippen molar-refractivity contribution in [3.8, 4) is 5.75 Å². The van der Waals surface area contributed by atoms with Gasteiger partial charge in [0.25, 0.3) is 5.91 Å². The van der Waals surface area contributed by atoms with Crippen molar-refractivity contribution >= 4 is 40.5 Å². The Morgan fingerprint density at radius 2 is 1.65 bits per heavy atom. The maximum Gasteiger partial charge on any atom is 0.258 e. The Morgan fingerprint density at radius 3 is 2.26 bits per heavy atom. The molecule has 0 bridgehead atoms. The van der Waals surface area contributed by atoms with Gasteiger partial charge in [0.2, 0.25) is 5.91 Å². The van der Waals surface area contributed by atoms with Gasteiger partial charge < -0.3 is 20.3 Å². The third-order valence-electron chi connectivity index (χ3n) is 4.65. The minimum absolute atomic E-state index is 0.0715. The number of methoxy groups -OCH3 is 1. The first-order valence-electron chi connectivity index (χ1n) is 9.86. The standard InChI is InChI=1S/C24H24ClN3O3/c1-3-28(20-7-5-4-6-8-20)24(30)17-9-11-18(12-10-17)26-16-23(29)27-19-13-14-22(31-2)21(25)15-19/h4-15,26H,3,16H2,1-2H3,(H,27,29). The van der Waals surface area contributed by atoms with Crippen molar-refractivity contribution in [3.63, 3.8) is 0 Å². The van der Waals surface area contributed by atoms with Crippen LogP contribution in [0, 0.1) is 0 Å². The number of amides is 2. The van der Waals surface area contributed by atoms with Gasteiger partial charge in [0.15, 0.2) is 0 Å². The van der Waals surface area contributed by atoms with E-state index >= 15 is 0 Å². The van der Waals surface area contributed by atoms with Crippen LogP contribution in [0.25, 0.3) is 0 Å². The second-order valence-corrected chi connectivity index (χ2v) is 7.12. The minimum Gasteiger partial charge on any atom is -0.495 e. The minimum atomic E-state index is -0.220. The Labute approximate surface area is 186 Å². The molecule has 0 saturated heterocycles. The summed E-state index contributed by atoms with van der Waals surface area (Å²) < 4.78 is 5.10. The molecule has 0 aliphatic heterocycles. The zero-order valence-electron chi connectivity index (χ0n) is 17.4. The third kappa shape index (κ3) is 5.77. The molecule has 2 N–H and O–H groups in total. The number of nitrogens with zero attached hydrogens (tertiary/aromatic N) is 1. The molecule has 0 heterocycles. The average molecular weight is 438 g/mol. The summed E-state index contributed by atoms with van der Waals surface area (Å²) in [5, 5.41) is 6.24. The molecule has 0 unspecified atom stereocenters. The number of hydrogen-bond donors (Lipinski definition) is 2. The Balaban J connectivity index is 1.57. The Kier molecular flexibility index (Phi) is 7.51. The van der Waals surface area contributed by atoms with E-state index < -0.39 is 0 Å². The fraction of sp³-hybridized carbons (Fsp3) is 0.167. The number of rotatable bonds is 8. The quantitative estimate of drug-likeness (QED) is 0.516. The van der Waals surface area contributed by atoms with E-state index in [0.29, 0.717) is 28.6 Å². The summed E-state index contributed by atoms with van der Waals surface area (Å²) in [6, 6.07) is 21.6. The van der Waals surface area contributed by atoms with Crippen LogP contribution < -0.4 is 20.3 Å².